The van der Waals surface area contributed by atoms with Crippen LogP contribution in [0, 0.1) is 0 Å². The van der Waals surface area contributed by atoms with Crippen molar-refractivity contribution >= 4 is 17.7 Å². The summed E-state index contributed by atoms with van der Waals surface area (Å²) in [6.45, 7) is -2.98. The number of hydrogen-bond donors (Lipinski definition) is 4. The molecular weight excluding hydrogens is 464 g/mol. The second-order valence-corrected chi connectivity index (χ2v) is 7.65. The number of aromatic hydroxyl groups is 1. The van der Waals surface area contributed by atoms with E-state index in [-0.39, 0.29) is 17.9 Å². The lowest BCUT2D eigenvalue weighted by atomic mass is 9.97. The van der Waals surface area contributed by atoms with Crippen molar-refractivity contribution < 1.29 is 33.3 Å². The molecule has 3 rings (SSSR count). The van der Waals surface area contributed by atoms with Gasteiger partial charge in [-0.15, -0.1) is 0 Å². The Morgan fingerprint density at radius 3 is 2.57 bits per heavy atom. The van der Waals surface area contributed by atoms with E-state index in [0.717, 1.165) is 4.57 Å². The van der Waals surface area contributed by atoms with Crippen LogP contribution in [0.3, 0.4) is 0 Å². The van der Waals surface area contributed by atoms with Gasteiger partial charge in [0.2, 0.25) is 0 Å². The van der Waals surface area contributed by atoms with Crippen LogP contribution in [0.1, 0.15) is 29.2 Å². The third-order valence-electron chi connectivity index (χ3n) is 5.11. The Balaban J connectivity index is 1.82. The van der Waals surface area contributed by atoms with Gasteiger partial charge in [-0.3, -0.25) is 9.59 Å². The molecule has 35 heavy (non-hydrogen) atoms. The van der Waals surface area contributed by atoms with Crippen molar-refractivity contribution in [2.75, 3.05) is 5.32 Å². The number of pyridine rings is 1. The van der Waals surface area contributed by atoms with Gasteiger partial charge >= 0.3 is 18.6 Å². The first kappa shape index (κ1) is 25.2. The lowest BCUT2D eigenvalue weighted by Gasteiger charge is -2.19. The van der Waals surface area contributed by atoms with E-state index in [4.69, 9.17) is 0 Å². The molecule has 1 heterocycles. The first-order valence-electron chi connectivity index (χ1n) is 10.4. The quantitative estimate of drug-likeness (QED) is 0.365. The molecule has 4 N–H and O–H groups in total. The maximum Gasteiger partial charge on any atom is 0.387 e. The molecule has 9 nitrogen and oxygen atoms in total. The summed E-state index contributed by atoms with van der Waals surface area (Å²) < 4.78 is 31.2. The van der Waals surface area contributed by atoms with Gasteiger partial charge in [-0.25, -0.2) is 4.79 Å². The minimum Gasteiger partial charge on any atom is -0.505 e. The van der Waals surface area contributed by atoms with Gasteiger partial charge in [0, 0.05) is 19.7 Å². The number of aryl methyl sites for hydroxylation is 1. The second-order valence-electron chi connectivity index (χ2n) is 7.65. The first-order valence-corrected chi connectivity index (χ1v) is 10.4. The number of amides is 2. The number of rotatable bonds is 9. The fourth-order valence-corrected chi connectivity index (χ4v) is 3.47. The zero-order valence-electron chi connectivity index (χ0n) is 18.6. The van der Waals surface area contributed by atoms with Gasteiger partial charge < -0.3 is 30.2 Å². The number of ether oxygens (including phenoxy) is 1. The van der Waals surface area contributed by atoms with E-state index in [1.807, 2.05) is 0 Å². The first-order chi connectivity index (χ1) is 16.6. The molecule has 0 saturated heterocycles. The molecule has 1 aromatic heterocycles. The summed E-state index contributed by atoms with van der Waals surface area (Å²) in [5.41, 5.74) is 0.603. The highest BCUT2D eigenvalue weighted by Gasteiger charge is 2.20. The number of carbonyl (C=O) groups excluding carboxylic acids is 1. The number of anilines is 1. The van der Waals surface area contributed by atoms with Crippen LogP contribution in [0.25, 0.3) is 0 Å². The summed E-state index contributed by atoms with van der Waals surface area (Å²) >= 11 is 0. The molecular formula is C24H23F2N3O6. The van der Waals surface area contributed by atoms with Crippen LogP contribution in [0.15, 0.2) is 65.6 Å². The second kappa shape index (κ2) is 11.1. The summed E-state index contributed by atoms with van der Waals surface area (Å²) in [4.78, 5) is 36.2. The Morgan fingerprint density at radius 1 is 1.11 bits per heavy atom. The van der Waals surface area contributed by atoms with Crippen molar-refractivity contribution in [1.29, 1.82) is 0 Å². The Hall–Kier alpha value is -4.41. The van der Waals surface area contributed by atoms with E-state index < -0.39 is 42.4 Å². The topological polar surface area (TPSA) is 130 Å². The molecule has 0 bridgehead atoms. The number of alkyl halides is 2. The summed E-state index contributed by atoms with van der Waals surface area (Å²) in [6, 6.07) is 12.3. The minimum atomic E-state index is -2.98. The average Bonchev–Trinajstić information content (AvgIpc) is 2.80. The molecule has 1 atom stereocenters. The SMILES string of the molecule is Cn1ccc(O)c(NC(=O)N[C@@H](CC(=O)O)c2cccc(Cc3ccccc3OC(F)F)c2)c1=O. The van der Waals surface area contributed by atoms with E-state index in [9.17, 15) is 33.4 Å². The summed E-state index contributed by atoms with van der Waals surface area (Å²) in [5, 5.41) is 24.0. The zero-order chi connectivity index (χ0) is 25.5. The van der Waals surface area contributed by atoms with Crippen molar-refractivity contribution in [2.45, 2.75) is 25.5 Å². The number of nitrogens with zero attached hydrogens (tertiary/aromatic N) is 1. The maximum absolute atomic E-state index is 12.7. The molecule has 2 amide bonds. The molecule has 0 saturated carbocycles. The molecule has 0 aliphatic rings. The third kappa shape index (κ3) is 6.79. The van der Waals surface area contributed by atoms with Crippen molar-refractivity contribution in [3.05, 3.63) is 87.8 Å². The van der Waals surface area contributed by atoms with Gasteiger partial charge in [0.25, 0.3) is 5.56 Å². The lowest BCUT2D eigenvalue weighted by Crippen LogP contribution is -2.36. The Kier molecular flexibility index (Phi) is 8.03. The number of carboxylic acids is 1. The Bertz CT molecular complexity index is 1280. The van der Waals surface area contributed by atoms with Crippen molar-refractivity contribution in [1.82, 2.24) is 9.88 Å². The number of benzene rings is 2. The van der Waals surface area contributed by atoms with Crippen molar-refractivity contribution in [2.24, 2.45) is 7.05 Å². The molecule has 0 aliphatic carbocycles. The molecule has 3 aromatic rings. The predicted octanol–water partition coefficient (Wildman–Crippen LogP) is 3.62. The number of carboxylic acid groups (broad SMARTS) is 1. The number of urea groups is 1. The number of hydrogen-bond acceptors (Lipinski definition) is 5. The molecule has 0 fully saturated rings. The molecule has 0 unspecified atom stereocenters. The Morgan fingerprint density at radius 2 is 1.86 bits per heavy atom. The van der Waals surface area contributed by atoms with Gasteiger partial charge in [-0.05, 0) is 28.8 Å². The van der Waals surface area contributed by atoms with E-state index >= 15 is 0 Å². The predicted molar refractivity (Wildman–Crippen MR) is 123 cm³/mol. The number of carbonyl (C=O) groups is 2. The highest BCUT2D eigenvalue weighted by Crippen LogP contribution is 2.26. The average molecular weight is 487 g/mol. The number of aliphatic carboxylic acids is 1. The highest BCUT2D eigenvalue weighted by molar-refractivity contribution is 5.91. The standard InChI is InChI=1S/C24H23F2N3O6/c1-29-10-9-18(30)21(22(29)33)28-24(34)27-17(13-20(31)32)15-7-4-5-14(11-15)12-16-6-2-3-8-19(16)35-23(25)26/h2-11,17,23,30H,12-13H2,1H3,(H,31,32)(H2,27,28,34)/t17-/m0/s1. The van der Waals surface area contributed by atoms with Crippen LogP contribution in [-0.4, -0.2) is 33.4 Å². The highest BCUT2D eigenvalue weighted by atomic mass is 19.3. The number of halogens is 2. The lowest BCUT2D eigenvalue weighted by molar-refractivity contribution is -0.137. The van der Waals surface area contributed by atoms with Crippen molar-refractivity contribution in [3.63, 3.8) is 0 Å². The van der Waals surface area contributed by atoms with Crippen LogP contribution < -0.4 is 20.9 Å². The number of para-hydroxylation sites is 1. The summed E-state index contributed by atoms with van der Waals surface area (Å²) in [7, 11) is 1.44. The van der Waals surface area contributed by atoms with Crippen LogP contribution >= 0.6 is 0 Å². The smallest absolute Gasteiger partial charge is 0.387 e. The minimum absolute atomic E-state index is 0.0248. The van der Waals surface area contributed by atoms with Gasteiger partial charge in [0.1, 0.15) is 11.5 Å². The van der Waals surface area contributed by atoms with E-state index in [0.29, 0.717) is 16.7 Å². The largest absolute Gasteiger partial charge is 0.505 e. The maximum atomic E-state index is 12.7. The fourth-order valence-electron chi connectivity index (χ4n) is 3.47. The summed E-state index contributed by atoms with van der Waals surface area (Å²) in [6.07, 6.45) is 1.07. The van der Waals surface area contributed by atoms with E-state index in [1.54, 1.807) is 42.5 Å². The zero-order valence-corrected chi connectivity index (χ0v) is 18.6. The van der Waals surface area contributed by atoms with Gasteiger partial charge in [-0.2, -0.15) is 8.78 Å². The van der Waals surface area contributed by atoms with Crippen LogP contribution in [0.5, 0.6) is 11.5 Å². The third-order valence-corrected chi connectivity index (χ3v) is 5.11. The molecule has 2 aromatic carbocycles. The van der Waals surface area contributed by atoms with Crippen molar-refractivity contribution in [3.8, 4) is 11.5 Å². The molecule has 11 heteroatoms. The van der Waals surface area contributed by atoms with Crippen LogP contribution in [0.4, 0.5) is 19.3 Å². The van der Waals surface area contributed by atoms with Gasteiger partial charge in [-0.1, -0.05) is 42.5 Å². The van der Waals surface area contributed by atoms with E-state index in [1.165, 1.54) is 25.4 Å². The van der Waals surface area contributed by atoms with Gasteiger partial charge in [0.15, 0.2) is 5.69 Å². The number of nitrogens with one attached hydrogen (secondary N) is 2. The van der Waals surface area contributed by atoms with Crippen LogP contribution in [-0.2, 0) is 18.3 Å². The molecule has 0 spiro atoms. The molecule has 184 valence electrons. The number of aromatic nitrogens is 1. The van der Waals surface area contributed by atoms with Gasteiger partial charge in [0.05, 0.1) is 12.5 Å². The van der Waals surface area contributed by atoms with E-state index in [2.05, 4.69) is 15.4 Å². The summed E-state index contributed by atoms with van der Waals surface area (Å²) in [5.74, 6) is -1.60. The monoisotopic (exact) mass is 487 g/mol. The van der Waals surface area contributed by atoms with Crippen LogP contribution in [0.2, 0.25) is 0 Å². The normalized spacial score (nSPS) is 11.7. The molecule has 0 aliphatic heterocycles. The molecule has 0 radical (unpaired) electrons. The fraction of sp³-hybridized carbons (Fsp3) is 0.208. The Labute approximate surface area is 198 Å².